The first-order valence-electron chi connectivity index (χ1n) is 4.80. The van der Waals surface area contributed by atoms with E-state index < -0.39 is 5.97 Å². The fourth-order valence-electron chi connectivity index (χ4n) is 1.47. The number of carboxylic acids is 1. The minimum Gasteiger partial charge on any atom is -0.481 e. The first-order chi connectivity index (χ1) is 7.13. The van der Waals surface area contributed by atoms with Crippen LogP contribution >= 0.6 is 0 Å². The van der Waals surface area contributed by atoms with Crippen LogP contribution < -0.4 is 0 Å². The van der Waals surface area contributed by atoms with Gasteiger partial charge in [0.05, 0.1) is 12.5 Å². The number of hydrogen-bond acceptors (Lipinski definition) is 2. The highest BCUT2D eigenvalue weighted by Crippen LogP contribution is 2.13. The molecule has 78 valence electrons. The highest BCUT2D eigenvalue weighted by Gasteiger charge is 2.03. The van der Waals surface area contributed by atoms with Gasteiger partial charge in [-0.25, -0.2) is 0 Å². The van der Waals surface area contributed by atoms with Gasteiger partial charge in [0.2, 0.25) is 0 Å². The highest BCUT2D eigenvalue weighted by molar-refractivity contribution is 5.70. The third kappa shape index (κ3) is 3.43. The predicted molar refractivity (Wildman–Crippen MR) is 56.5 cm³/mol. The number of hydrogen-bond donors (Lipinski definition) is 1. The van der Waals surface area contributed by atoms with Crippen molar-refractivity contribution in [3.8, 4) is 6.07 Å². The molecule has 0 radical (unpaired) electrons. The zero-order valence-corrected chi connectivity index (χ0v) is 8.66. The van der Waals surface area contributed by atoms with Gasteiger partial charge in [0.15, 0.2) is 0 Å². The molecule has 0 bridgehead atoms. The van der Waals surface area contributed by atoms with Crippen LogP contribution in [0.5, 0.6) is 0 Å². The molecule has 1 rings (SSSR count). The van der Waals surface area contributed by atoms with E-state index in [4.69, 9.17) is 10.4 Å². The Balaban J connectivity index is 2.85. The molecule has 0 fully saturated rings. The lowest BCUT2D eigenvalue weighted by Gasteiger charge is -2.05. The molecule has 3 heteroatoms. The highest BCUT2D eigenvalue weighted by atomic mass is 16.4. The molecule has 0 atom stereocenters. The van der Waals surface area contributed by atoms with Crippen LogP contribution in [-0.2, 0) is 17.6 Å². The summed E-state index contributed by atoms with van der Waals surface area (Å²) in [7, 11) is 0. The molecule has 0 aliphatic rings. The second kappa shape index (κ2) is 5.16. The minimum absolute atomic E-state index is 0.0415. The molecule has 0 saturated carbocycles. The molecule has 0 spiro atoms. The van der Waals surface area contributed by atoms with Crippen molar-refractivity contribution < 1.29 is 9.90 Å². The Morgan fingerprint density at radius 3 is 2.87 bits per heavy atom. The van der Waals surface area contributed by atoms with E-state index in [9.17, 15) is 4.79 Å². The SMILES string of the molecule is Cc1ccc(CC(=O)O)cc1CCC#N. The monoisotopic (exact) mass is 203 g/mol. The van der Waals surface area contributed by atoms with Crippen LogP contribution in [0.15, 0.2) is 18.2 Å². The molecule has 0 unspecified atom stereocenters. The van der Waals surface area contributed by atoms with E-state index in [0.717, 1.165) is 16.7 Å². The van der Waals surface area contributed by atoms with Crippen LogP contribution in [0.4, 0.5) is 0 Å². The standard InChI is InChI=1S/C12H13NO2/c1-9-4-5-10(8-12(14)15)7-11(9)3-2-6-13/h4-5,7H,2-3,8H2,1H3,(H,14,15). The molecule has 1 aromatic carbocycles. The maximum absolute atomic E-state index is 10.5. The Bertz CT molecular complexity index is 405. The van der Waals surface area contributed by atoms with Crippen LogP contribution in [-0.4, -0.2) is 11.1 Å². The third-order valence-electron chi connectivity index (χ3n) is 2.28. The number of aryl methyl sites for hydroxylation is 2. The van der Waals surface area contributed by atoms with E-state index >= 15 is 0 Å². The van der Waals surface area contributed by atoms with Gasteiger partial charge in [0.25, 0.3) is 0 Å². The topological polar surface area (TPSA) is 61.1 Å². The van der Waals surface area contributed by atoms with Crippen molar-refractivity contribution in [1.29, 1.82) is 5.26 Å². The van der Waals surface area contributed by atoms with Crippen molar-refractivity contribution in [2.24, 2.45) is 0 Å². The molecule has 0 amide bonds. The van der Waals surface area contributed by atoms with Gasteiger partial charge in [-0.3, -0.25) is 4.79 Å². The van der Waals surface area contributed by atoms with Crippen LogP contribution in [0.1, 0.15) is 23.1 Å². The van der Waals surface area contributed by atoms with E-state index in [0.29, 0.717) is 12.8 Å². The van der Waals surface area contributed by atoms with Crippen molar-refractivity contribution >= 4 is 5.97 Å². The van der Waals surface area contributed by atoms with Gasteiger partial charge in [0.1, 0.15) is 0 Å². The fourth-order valence-corrected chi connectivity index (χ4v) is 1.47. The predicted octanol–water partition coefficient (Wildman–Crippen LogP) is 2.08. The van der Waals surface area contributed by atoms with Crippen molar-refractivity contribution in [2.45, 2.75) is 26.2 Å². The van der Waals surface area contributed by atoms with Crippen molar-refractivity contribution in [1.82, 2.24) is 0 Å². The molecular weight excluding hydrogens is 190 g/mol. The lowest BCUT2D eigenvalue weighted by molar-refractivity contribution is -0.136. The summed E-state index contributed by atoms with van der Waals surface area (Å²) in [6.07, 6.45) is 1.20. The largest absolute Gasteiger partial charge is 0.481 e. The normalized spacial score (nSPS) is 9.60. The molecule has 0 aliphatic carbocycles. The first kappa shape index (κ1) is 11.3. The quantitative estimate of drug-likeness (QED) is 0.814. The molecule has 0 aliphatic heterocycles. The molecule has 0 heterocycles. The van der Waals surface area contributed by atoms with Crippen molar-refractivity contribution in [3.05, 3.63) is 34.9 Å². The van der Waals surface area contributed by atoms with Crippen LogP contribution in [0, 0.1) is 18.3 Å². The maximum atomic E-state index is 10.5. The van der Waals surface area contributed by atoms with Crippen LogP contribution in [0.2, 0.25) is 0 Å². The Morgan fingerprint density at radius 1 is 1.53 bits per heavy atom. The maximum Gasteiger partial charge on any atom is 0.307 e. The zero-order chi connectivity index (χ0) is 11.3. The van der Waals surface area contributed by atoms with Gasteiger partial charge < -0.3 is 5.11 Å². The lowest BCUT2D eigenvalue weighted by atomic mass is 10.00. The zero-order valence-electron chi connectivity index (χ0n) is 8.66. The van der Waals surface area contributed by atoms with Gasteiger partial charge in [-0.05, 0) is 30.0 Å². The van der Waals surface area contributed by atoms with Gasteiger partial charge in [0, 0.05) is 6.42 Å². The average Bonchev–Trinajstić information content (AvgIpc) is 2.18. The number of aliphatic carboxylic acids is 1. The smallest absolute Gasteiger partial charge is 0.307 e. The average molecular weight is 203 g/mol. The second-order valence-corrected chi connectivity index (χ2v) is 3.49. The summed E-state index contributed by atoms with van der Waals surface area (Å²) in [5.74, 6) is -0.829. The van der Waals surface area contributed by atoms with E-state index in [1.807, 2.05) is 25.1 Å². The van der Waals surface area contributed by atoms with Crippen LogP contribution in [0.25, 0.3) is 0 Å². The van der Waals surface area contributed by atoms with Crippen molar-refractivity contribution in [3.63, 3.8) is 0 Å². The summed E-state index contributed by atoms with van der Waals surface area (Å²) in [6, 6.07) is 7.69. The molecule has 15 heavy (non-hydrogen) atoms. The van der Waals surface area contributed by atoms with E-state index in [-0.39, 0.29) is 6.42 Å². The number of nitriles is 1. The minimum atomic E-state index is -0.829. The van der Waals surface area contributed by atoms with Gasteiger partial charge >= 0.3 is 5.97 Å². The van der Waals surface area contributed by atoms with E-state index in [2.05, 4.69) is 6.07 Å². The summed E-state index contributed by atoms with van der Waals surface area (Å²) in [5.41, 5.74) is 2.97. The van der Waals surface area contributed by atoms with Gasteiger partial charge in [-0.1, -0.05) is 18.2 Å². The summed E-state index contributed by atoms with van der Waals surface area (Å²) < 4.78 is 0. The van der Waals surface area contributed by atoms with Crippen molar-refractivity contribution in [2.75, 3.05) is 0 Å². The second-order valence-electron chi connectivity index (χ2n) is 3.49. The lowest BCUT2D eigenvalue weighted by Crippen LogP contribution is -2.01. The summed E-state index contributed by atoms with van der Waals surface area (Å²) in [5, 5.41) is 17.1. The molecule has 0 aromatic heterocycles. The van der Waals surface area contributed by atoms with E-state index in [1.165, 1.54) is 0 Å². The molecule has 3 nitrogen and oxygen atoms in total. The first-order valence-corrected chi connectivity index (χ1v) is 4.80. The molecule has 0 saturated heterocycles. The Hall–Kier alpha value is -1.82. The summed E-state index contributed by atoms with van der Waals surface area (Å²) in [6.45, 7) is 1.97. The summed E-state index contributed by atoms with van der Waals surface area (Å²) in [4.78, 5) is 10.5. The molecular formula is C12H13NO2. The fraction of sp³-hybridized carbons (Fsp3) is 0.333. The molecule has 1 N–H and O–H groups in total. The Kier molecular flexibility index (Phi) is 3.87. The van der Waals surface area contributed by atoms with Gasteiger partial charge in [-0.2, -0.15) is 5.26 Å². The Morgan fingerprint density at radius 2 is 2.27 bits per heavy atom. The number of carbonyl (C=O) groups is 1. The third-order valence-corrected chi connectivity index (χ3v) is 2.28. The van der Waals surface area contributed by atoms with Gasteiger partial charge in [-0.15, -0.1) is 0 Å². The number of benzene rings is 1. The number of carboxylic acid groups (broad SMARTS) is 1. The molecule has 1 aromatic rings. The number of nitrogens with zero attached hydrogens (tertiary/aromatic N) is 1. The Labute approximate surface area is 89.0 Å². The van der Waals surface area contributed by atoms with Crippen LogP contribution in [0.3, 0.4) is 0 Å². The van der Waals surface area contributed by atoms with E-state index in [1.54, 1.807) is 0 Å². The number of rotatable bonds is 4. The summed E-state index contributed by atoms with van der Waals surface area (Å²) >= 11 is 0.